The summed E-state index contributed by atoms with van der Waals surface area (Å²) in [4.78, 5) is 12.1. The van der Waals surface area contributed by atoms with Gasteiger partial charge in [0.1, 0.15) is 5.54 Å². The molecule has 0 bridgehead atoms. The molecule has 1 saturated carbocycles. The zero-order valence-corrected chi connectivity index (χ0v) is 18.2. The van der Waals surface area contributed by atoms with E-state index < -0.39 is 21.5 Å². The molecule has 30 heavy (non-hydrogen) atoms. The maximum atomic E-state index is 13.1. The molecule has 152 valence electrons. The number of benzene rings is 3. The number of hydrogen-bond donors (Lipinski definition) is 2. The minimum Gasteiger partial charge on any atom is -0.480 e. The summed E-state index contributed by atoms with van der Waals surface area (Å²) in [7, 11) is -4.00. The third-order valence-electron chi connectivity index (χ3n) is 5.99. The van der Waals surface area contributed by atoms with Crippen LogP contribution in [0.2, 0.25) is 0 Å². The summed E-state index contributed by atoms with van der Waals surface area (Å²) in [5.74, 6) is -1.54. The molecule has 0 heterocycles. The molecule has 0 radical (unpaired) electrons. The van der Waals surface area contributed by atoms with Crippen molar-refractivity contribution in [3.8, 4) is 11.1 Å². The lowest BCUT2D eigenvalue weighted by atomic mass is 10.1. The average Bonchev–Trinajstić information content (AvgIpc) is 3.33. The summed E-state index contributed by atoms with van der Waals surface area (Å²) in [6.45, 7) is 0. The van der Waals surface area contributed by atoms with E-state index in [0.29, 0.717) is 6.42 Å². The summed E-state index contributed by atoms with van der Waals surface area (Å²) >= 11 is 3.47. The predicted molar refractivity (Wildman–Crippen MR) is 117 cm³/mol. The second-order valence-corrected chi connectivity index (χ2v) is 10.4. The zero-order chi connectivity index (χ0) is 21.1. The minimum absolute atomic E-state index is 0.0902. The van der Waals surface area contributed by atoms with Crippen molar-refractivity contribution in [2.45, 2.75) is 29.2 Å². The molecular formula is C23H18BrNO4S. The van der Waals surface area contributed by atoms with Crippen molar-refractivity contribution in [2.24, 2.45) is 0 Å². The number of sulfonamides is 1. The third-order valence-corrected chi connectivity index (χ3v) is 7.99. The van der Waals surface area contributed by atoms with E-state index in [4.69, 9.17) is 0 Å². The van der Waals surface area contributed by atoms with Crippen LogP contribution >= 0.6 is 15.9 Å². The van der Waals surface area contributed by atoms with Crippen LogP contribution in [0, 0.1) is 0 Å². The number of fused-ring (bicyclic) bond motifs is 3. The molecule has 7 heteroatoms. The van der Waals surface area contributed by atoms with Crippen LogP contribution in [0.3, 0.4) is 0 Å². The standard InChI is InChI=1S/C23H18BrNO4S/c24-17-6-8-19-15(11-17)10-16-12-18(7-9-20(16)19)30(28,29)25-23(22(26)27)13-21(23)14-4-2-1-3-5-14/h1-9,11-12,21,25H,10,13H2,(H,26,27)/t21-,23?/m0/s1. The van der Waals surface area contributed by atoms with E-state index in [9.17, 15) is 18.3 Å². The van der Waals surface area contributed by atoms with Crippen LogP contribution in [0.25, 0.3) is 11.1 Å². The normalized spacial score (nSPS) is 21.7. The van der Waals surface area contributed by atoms with Crippen LogP contribution in [-0.2, 0) is 21.2 Å². The van der Waals surface area contributed by atoms with Crippen molar-refractivity contribution in [3.63, 3.8) is 0 Å². The van der Waals surface area contributed by atoms with Crippen LogP contribution in [0.5, 0.6) is 0 Å². The van der Waals surface area contributed by atoms with E-state index in [2.05, 4.69) is 20.7 Å². The van der Waals surface area contributed by atoms with Crippen LogP contribution in [0.15, 0.2) is 76.1 Å². The van der Waals surface area contributed by atoms with E-state index in [1.54, 1.807) is 18.2 Å². The lowest BCUT2D eigenvalue weighted by Gasteiger charge is -2.16. The SMILES string of the molecule is O=C(O)C1(NS(=O)(=O)c2ccc3c(c2)Cc2cc(Br)ccc2-3)C[C@H]1c1ccccc1. The van der Waals surface area contributed by atoms with Gasteiger partial charge in [-0.2, -0.15) is 4.72 Å². The first-order chi connectivity index (χ1) is 14.3. The fraction of sp³-hybridized carbons (Fsp3) is 0.174. The van der Waals surface area contributed by atoms with Crippen molar-refractivity contribution in [1.82, 2.24) is 4.72 Å². The molecular weight excluding hydrogens is 466 g/mol. The van der Waals surface area contributed by atoms with Crippen LogP contribution < -0.4 is 4.72 Å². The van der Waals surface area contributed by atoms with Crippen molar-refractivity contribution in [1.29, 1.82) is 0 Å². The third kappa shape index (κ3) is 3.09. The number of carbonyl (C=O) groups is 1. The monoisotopic (exact) mass is 483 g/mol. The Morgan fingerprint density at radius 2 is 1.67 bits per heavy atom. The van der Waals surface area contributed by atoms with Crippen molar-refractivity contribution >= 4 is 31.9 Å². The van der Waals surface area contributed by atoms with Crippen LogP contribution in [-0.4, -0.2) is 25.0 Å². The largest absolute Gasteiger partial charge is 0.480 e. The first-order valence-electron chi connectivity index (χ1n) is 9.54. The lowest BCUT2D eigenvalue weighted by molar-refractivity contribution is -0.140. The Morgan fingerprint density at radius 3 is 2.37 bits per heavy atom. The highest BCUT2D eigenvalue weighted by Gasteiger charge is 2.63. The summed E-state index contributed by atoms with van der Waals surface area (Å²) in [6.07, 6.45) is 0.875. The Balaban J connectivity index is 1.46. The van der Waals surface area contributed by atoms with Gasteiger partial charge in [-0.1, -0.05) is 58.4 Å². The van der Waals surface area contributed by atoms with E-state index in [0.717, 1.165) is 32.3 Å². The smallest absolute Gasteiger partial charge is 0.325 e. The topological polar surface area (TPSA) is 83.5 Å². The van der Waals surface area contributed by atoms with Gasteiger partial charge in [0.25, 0.3) is 0 Å². The van der Waals surface area contributed by atoms with Gasteiger partial charge in [-0.15, -0.1) is 0 Å². The first-order valence-corrected chi connectivity index (χ1v) is 11.8. The highest BCUT2D eigenvalue weighted by molar-refractivity contribution is 9.10. The molecule has 1 unspecified atom stereocenters. The van der Waals surface area contributed by atoms with Gasteiger partial charge in [-0.3, -0.25) is 4.79 Å². The minimum atomic E-state index is -4.00. The highest BCUT2D eigenvalue weighted by Crippen LogP contribution is 2.52. The van der Waals surface area contributed by atoms with Gasteiger partial charge in [0.05, 0.1) is 4.90 Å². The molecule has 0 spiro atoms. The molecule has 2 N–H and O–H groups in total. The first kappa shape index (κ1) is 19.5. The predicted octanol–water partition coefficient (Wildman–Crippen LogP) is 4.31. The Hall–Kier alpha value is -2.48. The summed E-state index contributed by atoms with van der Waals surface area (Å²) in [5.41, 5.74) is 3.47. The van der Waals surface area contributed by atoms with Gasteiger partial charge in [0, 0.05) is 10.4 Å². The number of rotatable bonds is 5. The summed E-state index contributed by atoms with van der Waals surface area (Å²) in [6, 6.07) is 20.2. The van der Waals surface area contributed by atoms with Gasteiger partial charge in [0.2, 0.25) is 10.0 Å². The fourth-order valence-corrected chi connectivity index (χ4v) is 6.23. The second kappa shape index (κ2) is 6.77. The lowest BCUT2D eigenvalue weighted by Crippen LogP contribution is -2.44. The number of carboxylic acids is 1. The molecule has 0 amide bonds. The van der Waals surface area contributed by atoms with E-state index in [1.165, 1.54) is 0 Å². The van der Waals surface area contributed by atoms with E-state index in [-0.39, 0.29) is 17.2 Å². The Morgan fingerprint density at radius 1 is 1.00 bits per heavy atom. The molecule has 0 aromatic heterocycles. The van der Waals surface area contributed by atoms with Gasteiger partial charge in [-0.25, -0.2) is 8.42 Å². The summed E-state index contributed by atoms with van der Waals surface area (Å²) < 4.78 is 29.7. The Bertz CT molecular complexity index is 1290. The Labute approximate surface area is 182 Å². The summed E-state index contributed by atoms with van der Waals surface area (Å²) in [5, 5.41) is 9.81. The molecule has 0 aliphatic heterocycles. The van der Waals surface area contributed by atoms with Gasteiger partial charge < -0.3 is 5.11 Å². The zero-order valence-electron chi connectivity index (χ0n) is 15.8. The molecule has 2 aliphatic carbocycles. The molecule has 5 rings (SSSR count). The van der Waals surface area contributed by atoms with Gasteiger partial charge >= 0.3 is 5.97 Å². The van der Waals surface area contributed by atoms with Crippen molar-refractivity contribution in [3.05, 3.63) is 87.9 Å². The number of halogens is 1. The van der Waals surface area contributed by atoms with Crippen LogP contribution in [0.4, 0.5) is 0 Å². The highest BCUT2D eigenvalue weighted by atomic mass is 79.9. The molecule has 1 fully saturated rings. The van der Waals surface area contributed by atoms with Gasteiger partial charge in [0.15, 0.2) is 0 Å². The molecule has 2 atom stereocenters. The van der Waals surface area contributed by atoms with E-state index >= 15 is 0 Å². The number of aliphatic carboxylic acids is 1. The molecule has 5 nitrogen and oxygen atoms in total. The second-order valence-electron chi connectivity index (χ2n) is 7.85. The number of carboxylic acid groups (broad SMARTS) is 1. The number of nitrogens with one attached hydrogen (secondary N) is 1. The average molecular weight is 484 g/mol. The maximum absolute atomic E-state index is 13.1. The van der Waals surface area contributed by atoms with Crippen molar-refractivity contribution in [2.75, 3.05) is 0 Å². The fourth-order valence-electron chi connectivity index (χ4n) is 4.37. The van der Waals surface area contributed by atoms with Crippen molar-refractivity contribution < 1.29 is 18.3 Å². The molecule has 3 aromatic carbocycles. The molecule has 2 aliphatic rings. The molecule has 3 aromatic rings. The quantitative estimate of drug-likeness (QED) is 0.442. The number of hydrogen-bond acceptors (Lipinski definition) is 3. The molecule has 0 saturated heterocycles. The van der Waals surface area contributed by atoms with Crippen LogP contribution in [0.1, 0.15) is 29.0 Å². The maximum Gasteiger partial charge on any atom is 0.325 e. The van der Waals surface area contributed by atoms with E-state index in [1.807, 2.05) is 48.5 Å². The van der Waals surface area contributed by atoms with Gasteiger partial charge in [-0.05, 0) is 64.9 Å². The Kier molecular flexibility index (Phi) is 4.39.